The third-order valence-corrected chi connectivity index (χ3v) is 5.69. The van der Waals surface area contributed by atoms with E-state index in [9.17, 15) is 4.79 Å². The minimum Gasteiger partial charge on any atom is -0.481 e. The molecule has 0 amide bonds. The molecule has 1 aliphatic heterocycles. The standard InChI is InChI=1S/C29H22N2O4.2CH4/c1-4-13-33-22-10-11-24-23(17-22)27(20-7-5-19(6-8-20)18(2)3)31-29(30-24)28(32)21-9-12-25-26(16-21)35-15-14-34-25;;/h1,5-12,14-18H,13H2,2-3H3;2*1H4. The van der Waals surface area contributed by atoms with E-state index in [2.05, 4.69) is 36.9 Å². The van der Waals surface area contributed by atoms with Crippen molar-refractivity contribution in [1.82, 2.24) is 9.97 Å². The van der Waals surface area contributed by atoms with Gasteiger partial charge in [0.05, 0.1) is 11.2 Å². The fraction of sp³-hybridized carbons (Fsp3) is 0.194. The Morgan fingerprint density at radius 3 is 2.38 bits per heavy atom. The topological polar surface area (TPSA) is 70.5 Å². The summed E-state index contributed by atoms with van der Waals surface area (Å²) < 4.78 is 16.5. The quantitative estimate of drug-likeness (QED) is 0.209. The van der Waals surface area contributed by atoms with Crippen LogP contribution >= 0.6 is 0 Å². The van der Waals surface area contributed by atoms with Gasteiger partial charge in [0.25, 0.3) is 0 Å². The van der Waals surface area contributed by atoms with Crippen LogP contribution in [0.5, 0.6) is 17.2 Å². The fourth-order valence-corrected chi connectivity index (χ4v) is 3.84. The summed E-state index contributed by atoms with van der Waals surface area (Å²) in [4.78, 5) is 22.7. The predicted octanol–water partition coefficient (Wildman–Crippen LogP) is 7.18. The molecule has 0 spiro atoms. The second kappa shape index (κ2) is 11.4. The lowest BCUT2D eigenvalue weighted by Crippen LogP contribution is -2.09. The summed E-state index contributed by atoms with van der Waals surface area (Å²) in [5.74, 6) is 4.24. The number of ketones is 1. The van der Waals surface area contributed by atoms with Crippen LogP contribution in [0.4, 0.5) is 0 Å². The van der Waals surface area contributed by atoms with Gasteiger partial charge in [-0.2, -0.15) is 0 Å². The zero-order chi connectivity index (χ0) is 24.4. The number of terminal acetylenes is 1. The first-order chi connectivity index (χ1) is 17.0. The molecule has 0 radical (unpaired) electrons. The highest BCUT2D eigenvalue weighted by atomic mass is 16.5. The van der Waals surface area contributed by atoms with E-state index in [-0.39, 0.29) is 33.1 Å². The lowest BCUT2D eigenvalue weighted by Gasteiger charge is -2.14. The Labute approximate surface area is 217 Å². The van der Waals surface area contributed by atoms with Crippen LogP contribution in [0.25, 0.3) is 22.2 Å². The van der Waals surface area contributed by atoms with E-state index < -0.39 is 0 Å². The van der Waals surface area contributed by atoms with Gasteiger partial charge in [0.1, 0.15) is 24.9 Å². The Kier molecular flexibility index (Phi) is 8.31. The number of hydrogen-bond acceptors (Lipinski definition) is 6. The van der Waals surface area contributed by atoms with Crippen LogP contribution in [0.15, 0.2) is 73.2 Å². The zero-order valence-corrected chi connectivity index (χ0v) is 19.3. The first-order valence-electron chi connectivity index (χ1n) is 11.2. The maximum atomic E-state index is 13.4. The van der Waals surface area contributed by atoms with Gasteiger partial charge in [-0.25, -0.2) is 9.97 Å². The molecule has 6 heteroatoms. The smallest absolute Gasteiger partial charge is 0.230 e. The van der Waals surface area contributed by atoms with Gasteiger partial charge in [-0.15, -0.1) is 6.42 Å². The van der Waals surface area contributed by atoms with Gasteiger partial charge in [-0.1, -0.05) is 58.9 Å². The molecular weight excluding hydrogens is 464 g/mol. The Balaban J connectivity index is 0.00000190. The molecule has 1 aromatic heterocycles. The summed E-state index contributed by atoms with van der Waals surface area (Å²) in [6, 6.07) is 18.6. The molecule has 0 unspecified atom stereocenters. The van der Waals surface area contributed by atoms with Crippen LogP contribution in [-0.2, 0) is 0 Å². The number of fused-ring (bicyclic) bond motifs is 2. The first kappa shape index (κ1) is 27.0. The number of carbonyl (C=O) groups excluding carboxylic acids is 1. The summed E-state index contributed by atoms with van der Waals surface area (Å²) in [5, 5.41) is 0.765. The summed E-state index contributed by atoms with van der Waals surface area (Å²) in [6.07, 6.45) is 8.20. The number of ether oxygens (including phenoxy) is 3. The molecule has 6 nitrogen and oxygen atoms in total. The van der Waals surface area contributed by atoms with Crippen molar-refractivity contribution in [2.75, 3.05) is 6.61 Å². The minimum absolute atomic E-state index is 0. The molecule has 37 heavy (non-hydrogen) atoms. The van der Waals surface area contributed by atoms with Crippen LogP contribution < -0.4 is 14.2 Å². The molecule has 0 fully saturated rings. The van der Waals surface area contributed by atoms with Gasteiger partial charge in [0.15, 0.2) is 11.5 Å². The lowest BCUT2D eigenvalue weighted by atomic mass is 9.99. The van der Waals surface area contributed by atoms with Crippen LogP contribution in [0.3, 0.4) is 0 Å². The summed E-state index contributed by atoms with van der Waals surface area (Å²) >= 11 is 0. The molecule has 0 saturated heterocycles. The van der Waals surface area contributed by atoms with Gasteiger partial charge >= 0.3 is 0 Å². The van der Waals surface area contributed by atoms with Crippen molar-refractivity contribution in [2.24, 2.45) is 0 Å². The summed E-state index contributed by atoms with van der Waals surface area (Å²) in [6.45, 7) is 4.44. The molecular formula is C31H30N2O4. The SMILES string of the molecule is C.C.C#CCOc1ccc2nc(C(=O)c3ccc4c(c3)OC=CO4)nc(-c3ccc(C(C)C)cc3)c2c1. The second-order valence-electron chi connectivity index (χ2n) is 8.34. The number of rotatable bonds is 6. The maximum absolute atomic E-state index is 13.4. The van der Waals surface area contributed by atoms with Crippen molar-refractivity contribution in [3.8, 4) is 40.8 Å². The Hall–Kier alpha value is -4.63. The molecule has 2 heterocycles. The molecule has 3 aromatic carbocycles. The van der Waals surface area contributed by atoms with E-state index in [1.54, 1.807) is 30.3 Å². The maximum Gasteiger partial charge on any atom is 0.230 e. The van der Waals surface area contributed by atoms with Gasteiger partial charge in [-0.05, 0) is 47.9 Å². The third-order valence-electron chi connectivity index (χ3n) is 5.69. The molecule has 0 N–H and O–H groups in total. The third kappa shape index (κ3) is 5.46. The van der Waals surface area contributed by atoms with Crippen molar-refractivity contribution in [3.63, 3.8) is 0 Å². The molecule has 4 aromatic rings. The average molecular weight is 495 g/mol. The first-order valence-corrected chi connectivity index (χ1v) is 11.2. The number of benzene rings is 3. The van der Waals surface area contributed by atoms with Crippen LogP contribution in [0.1, 0.15) is 56.4 Å². The molecule has 188 valence electrons. The second-order valence-corrected chi connectivity index (χ2v) is 8.34. The lowest BCUT2D eigenvalue weighted by molar-refractivity contribution is 0.102. The Morgan fingerprint density at radius 1 is 0.946 bits per heavy atom. The van der Waals surface area contributed by atoms with Gasteiger partial charge in [0.2, 0.25) is 11.6 Å². The van der Waals surface area contributed by atoms with Gasteiger partial charge in [-0.3, -0.25) is 4.79 Å². The fourth-order valence-electron chi connectivity index (χ4n) is 3.84. The minimum atomic E-state index is -0.319. The molecule has 5 rings (SSSR count). The largest absolute Gasteiger partial charge is 0.481 e. The predicted molar refractivity (Wildman–Crippen MR) is 147 cm³/mol. The molecule has 0 bridgehead atoms. The highest BCUT2D eigenvalue weighted by Gasteiger charge is 2.20. The van der Waals surface area contributed by atoms with Gasteiger partial charge in [0, 0.05) is 16.5 Å². The van der Waals surface area contributed by atoms with E-state index in [1.165, 1.54) is 18.1 Å². The summed E-state index contributed by atoms with van der Waals surface area (Å²) in [7, 11) is 0. The molecule has 0 atom stereocenters. The number of nitrogens with zero attached hydrogens (tertiary/aromatic N) is 2. The van der Waals surface area contributed by atoms with Crippen molar-refractivity contribution in [1.29, 1.82) is 0 Å². The number of aromatic nitrogens is 2. The van der Waals surface area contributed by atoms with Crippen molar-refractivity contribution in [3.05, 3.63) is 90.1 Å². The molecule has 0 saturated carbocycles. The van der Waals surface area contributed by atoms with Crippen LogP contribution in [0, 0.1) is 12.3 Å². The van der Waals surface area contributed by atoms with Crippen LogP contribution in [-0.4, -0.2) is 22.4 Å². The molecule has 1 aliphatic rings. The van der Waals surface area contributed by atoms with Crippen molar-refractivity contribution in [2.45, 2.75) is 34.6 Å². The van der Waals surface area contributed by atoms with Crippen LogP contribution in [0.2, 0.25) is 0 Å². The number of carbonyl (C=O) groups is 1. The normalized spacial score (nSPS) is 11.3. The monoisotopic (exact) mass is 494 g/mol. The van der Waals surface area contributed by atoms with Gasteiger partial charge < -0.3 is 14.2 Å². The van der Waals surface area contributed by atoms with E-state index >= 15 is 0 Å². The van der Waals surface area contributed by atoms with Crippen molar-refractivity contribution < 1.29 is 19.0 Å². The molecule has 0 aliphatic carbocycles. The Bertz CT molecular complexity index is 1500. The number of hydrogen-bond donors (Lipinski definition) is 0. The highest BCUT2D eigenvalue weighted by molar-refractivity contribution is 6.08. The summed E-state index contributed by atoms with van der Waals surface area (Å²) in [5.41, 5.74) is 3.75. The van der Waals surface area contributed by atoms with E-state index in [0.717, 1.165) is 10.9 Å². The highest BCUT2D eigenvalue weighted by Crippen LogP contribution is 2.33. The van der Waals surface area contributed by atoms with E-state index in [4.69, 9.17) is 25.6 Å². The average Bonchev–Trinajstić information content (AvgIpc) is 2.90. The zero-order valence-electron chi connectivity index (χ0n) is 19.3. The van der Waals surface area contributed by atoms with E-state index in [1.807, 2.05) is 18.2 Å². The van der Waals surface area contributed by atoms with E-state index in [0.29, 0.717) is 39.9 Å². The van der Waals surface area contributed by atoms with Crippen molar-refractivity contribution >= 4 is 16.7 Å². The Morgan fingerprint density at radius 2 is 1.68 bits per heavy atom.